The number of imide groups is 1. The van der Waals surface area contributed by atoms with Gasteiger partial charge in [0.25, 0.3) is 0 Å². The third kappa shape index (κ3) is 2.96. The lowest BCUT2D eigenvalue weighted by atomic mass is 9.72. The summed E-state index contributed by atoms with van der Waals surface area (Å²) in [6, 6.07) is 14.1. The number of fused-ring (bicyclic) bond motifs is 8. The van der Waals surface area contributed by atoms with Gasteiger partial charge in [0.15, 0.2) is 0 Å². The van der Waals surface area contributed by atoms with Crippen molar-refractivity contribution in [3.8, 4) is 0 Å². The van der Waals surface area contributed by atoms with Crippen LogP contribution >= 0.6 is 0 Å². The molecule has 2 aliphatic carbocycles. The normalized spacial score (nSPS) is 32.3. The van der Waals surface area contributed by atoms with Gasteiger partial charge in [-0.1, -0.05) is 47.6 Å². The van der Waals surface area contributed by atoms with Gasteiger partial charge in [0.1, 0.15) is 6.10 Å². The highest BCUT2D eigenvalue weighted by Gasteiger charge is 2.70. The fraction of sp³-hybridized carbons (Fsp3) is 0.320. The fourth-order valence-electron chi connectivity index (χ4n) is 6.12. The molecule has 8 heteroatoms. The van der Waals surface area contributed by atoms with E-state index in [1.54, 1.807) is 0 Å². The van der Waals surface area contributed by atoms with Crippen LogP contribution in [0.25, 0.3) is 6.08 Å². The zero-order valence-corrected chi connectivity index (χ0v) is 17.3. The van der Waals surface area contributed by atoms with Gasteiger partial charge in [-0.2, -0.15) is 13.2 Å². The Morgan fingerprint density at radius 2 is 1.64 bits per heavy atom. The monoisotopic (exact) mass is 452 g/mol. The maximum atomic E-state index is 13.3. The molecular weight excluding hydrogens is 433 g/mol. The van der Waals surface area contributed by atoms with Gasteiger partial charge in [0.2, 0.25) is 11.8 Å². The van der Waals surface area contributed by atoms with Gasteiger partial charge in [-0.15, -0.1) is 0 Å². The van der Waals surface area contributed by atoms with Crippen LogP contribution in [-0.2, 0) is 20.6 Å². The molecule has 2 bridgehead atoms. The highest BCUT2D eigenvalue weighted by Crippen LogP contribution is 2.61. The van der Waals surface area contributed by atoms with Crippen LogP contribution in [0.3, 0.4) is 0 Å². The number of hydrogen-bond acceptors (Lipinski definition) is 4. The second kappa shape index (κ2) is 7.04. The smallest absolute Gasteiger partial charge is 0.391 e. The quantitative estimate of drug-likeness (QED) is 0.643. The Balaban J connectivity index is 1.29. The summed E-state index contributed by atoms with van der Waals surface area (Å²) in [4.78, 5) is 33.3. The summed E-state index contributed by atoms with van der Waals surface area (Å²) >= 11 is 0. The van der Waals surface area contributed by atoms with Gasteiger partial charge in [-0.05, 0) is 42.2 Å². The number of carbonyl (C=O) groups is 2. The maximum absolute atomic E-state index is 13.3. The van der Waals surface area contributed by atoms with Crippen LogP contribution in [0.1, 0.15) is 17.5 Å². The van der Waals surface area contributed by atoms with Gasteiger partial charge in [-0.3, -0.25) is 14.5 Å². The van der Waals surface area contributed by atoms with Crippen molar-refractivity contribution in [2.75, 3.05) is 4.90 Å². The molecule has 2 amide bonds. The molecule has 0 radical (unpaired) electrons. The highest BCUT2D eigenvalue weighted by atomic mass is 19.4. The molecule has 2 saturated carbocycles. The molecule has 2 aromatic carbocycles. The molecule has 6 atom stereocenters. The van der Waals surface area contributed by atoms with Crippen LogP contribution in [0, 0.1) is 29.6 Å². The lowest BCUT2D eigenvalue weighted by Crippen LogP contribution is -2.40. The average molecular weight is 452 g/mol. The summed E-state index contributed by atoms with van der Waals surface area (Å²) < 4.78 is 39.6. The number of nitrogens with zero attached hydrogens (tertiary/aromatic N) is 2. The molecule has 1 saturated heterocycles. The first-order valence-corrected chi connectivity index (χ1v) is 10.9. The molecule has 2 heterocycles. The number of carbonyl (C=O) groups excluding carboxylic acids is 2. The topological polar surface area (TPSA) is 59.0 Å². The van der Waals surface area contributed by atoms with Gasteiger partial charge < -0.3 is 4.84 Å². The summed E-state index contributed by atoms with van der Waals surface area (Å²) in [5, 5.41) is 4.24. The zero-order chi connectivity index (χ0) is 22.9. The van der Waals surface area contributed by atoms with E-state index in [1.165, 1.54) is 12.1 Å². The molecule has 4 aliphatic rings. The molecule has 168 valence electrons. The minimum Gasteiger partial charge on any atom is -0.391 e. The molecular formula is C25H19F3N2O3. The second-order valence-corrected chi connectivity index (χ2v) is 9.03. The lowest BCUT2D eigenvalue weighted by molar-refractivity contribution is -0.137. The Morgan fingerprint density at radius 1 is 0.909 bits per heavy atom. The minimum atomic E-state index is -4.56. The molecule has 0 unspecified atom stereocenters. The standard InChI is InChI=1S/C25H19F3N2O3/c26-25(27,28)14-7-4-8-15(11-14)30-23(31)20-16-12-17(21(20)24(30)32)22-19(16)18(29-33-22)10-9-13-5-2-1-3-6-13/h1-11,16-17,19-22H,12H2/t16-,17-,19-,20-,21+,22-/m1/s1. The molecule has 2 aliphatic heterocycles. The molecule has 0 aromatic heterocycles. The van der Waals surface area contributed by atoms with E-state index < -0.39 is 35.4 Å². The van der Waals surface area contributed by atoms with Crippen LogP contribution < -0.4 is 4.90 Å². The number of benzene rings is 2. The van der Waals surface area contributed by atoms with Crippen molar-refractivity contribution in [2.24, 2.45) is 34.7 Å². The zero-order valence-electron chi connectivity index (χ0n) is 17.3. The lowest BCUT2D eigenvalue weighted by Gasteiger charge is -2.29. The number of halogens is 3. The fourth-order valence-corrected chi connectivity index (χ4v) is 6.12. The van der Waals surface area contributed by atoms with Crippen molar-refractivity contribution in [3.63, 3.8) is 0 Å². The van der Waals surface area contributed by atoms with Crippen LogP contribution in [0.5, 0.6) is 0 Å². The number of oxime groups is 1. The molecule has 6 rings (SSSR count). The number of allylic oxidation sites excluding steroid dienone is 1. The van der Waals surface area contributed by atoms with Crippen LogP contribution in [0.2, 0.25) is 0 Å². The minimum absolute atomic E-state index is 0.0300. The van der Waals surface area contributed by atoms with Gasteiger partial charge in [0.05, 0.1) is 28.8 Å². The van der Waals surface area contributed by atoms with Crippen LogP contribution in [0.4, 0.5) is 18.9 Å². The van der Waals surface area contributed by atoms with E-state index in [-0.39, 0.29) is 29.5 Å². The summed E-state index contributed by atoms with van der Waals surface area (Å²) in [7, 11) is 0. The van der Waals surface area contributed by atoms with E-state index in [1.807, 2.05) is 42.5 Å². The molecule has 5 nitrogen and oxygen atoms in total. The third-order valence-corrected chi connectivity index (χ3v) is 7.40. The van der Waals surface area contributed by atoms with E-state index in [9.17, 15) is 22.8 Å². The summed E-state index contributed by atoms with van der Waals surface area (Å²) in [6.07, 6.45) is -0.342. The molecule has 3 fully saturated rings. The Bertz CT molecular complexity index is 1210. The number of anilines is 1. The number of alkyl halides is 3. The van der Waals surface area contributed by atoms with E-state index in [4.69, 9.17) is 4.84 Å². The molecule has 2 aromatic rings. The predicted octanol–water partition coefficient (Wildman–Crippen LogP) is 4.55. The van der Waals surface area contributed by atoms with E-state index in [2.05, 4.69) is 5.16 Å². The Kier molecular flexibility index (Phi) is 4.31. The van der Waals surface area contributed by atoms with E-state index >= 15 is 0 Å². The van der Waals surface area contributed by atoms with Crippen LogP contribution in [-0.4, -0.2) is 23.6 Å². The Labute approximate surface area is 187 Å². The second-order valence-electron chi connectivity index (χ2n) is 9.03. The number of rotatable bonds is 3. The van der Waals surface area contributed by atoms with Crippen molar-refractivity contribution < 1.29 is 27.6 Å². The van der Waals surface area contributed by atoms with Gasteiger partial charge in [-0.25, -0.2) is 0 Å². The average Bonchev–Trinajstić information content (AvgIpc) is 3.53. The third-order valence-electron chi connectivity index (χ3n) is 7.40. The van der Waals surface area contributed by atoms with Crippen molar-refractivity contribution in [3.05, 3.63) is 71.8 Å². The number of amides is 2. The molecule has 33 heavy (non-hydrogen) atoms. The Hall–Kier alpha value is -3.42. The Morgan fingerprint density at radius 3 is 2.36 bits per heavy atom. The van der Waals surface area contributed by atoms with Gasteiger partial charge >= 0.3 is 6.18 Å². The summed E-state index contributed by atoms with van der Waals surface area (Å²) in [5.41, 5.74) is 0.832. The summed E-state index contributed by atoms with van der Waals surface area (Å²) in [5.74, 6) is -2.40. The first-order chi connectivity index (χ1) is 15.8. The largest absolute Gasteiger partial charge is 0.416 e. The summed E-state index contributed by atoms with van der Waals surface area (Å²) in [6.45, 7) is 0. The molecule has 0 spiro atoms. The first kappa shape index (κ1) is 20.2. The van der Waals surface area contributed by atoms with Crippen molar-refractivity contribution >= 4 is 29.3 Å². The van der Waals surface area contributed by atoms with Crippen molar-refractivity contribution in [1.29, 1.82) is 0 Å². The molecule has 0 N–H and O–H groups in total. The maximum Gasteiger partial charge on any atom is 0.416 e. The van der Waals surface area contributed by atoms with Crippen molar-refractivity contribution in [2.45, 2.75) is 18.7 Å². The van der Waals surface area contributed by atoms with Crippen molar-refractivity contribution in [1.82, 2.24) is 0 Å². The predicted molar refractivity (Wildman–Crippen MR) is 114 cm³/mol. The first-order valence-electron chi connectivity index (χ1n) is 10.9. The van der Waals surface area contributed by atoms with E-state index in [0.29, 0.717) is 6.42 Å². The van der Waals surface area contributed by atoms with Gasteiger partial charge in [0, 0.05) is 11.8 Å². The van der Waals surface area contributed by atoms with Crippen LogP contribution in [0.15, 0.2) is 65.8 Å². The SMILES string of the molecule is O=C1[C@@H]2[C@@H]3C[C@@H]([C@H]4ON=C(C=Cc5ccccc5)[C@@H]34)[C@@H]2C(=O)N1c1cccc(C(F)(F)F)c1. The van der Waals surface area contributed by atoms with E-state index in [0.717, 1.165) is 28.3 Å². The number of hydrogen-bond donors (Lipinski definition) is 0. The highest BCUT2D eigenvalue weighted by molar-refractivity contribution is 6.23.